The molecule has 1 N–H and O–H groups in total. The maximum absolute atomic E-state index is 12.6. The Hall–Kier alpha value is -1.85. The molecule has 0 radical (unpaired) electrons. The van der Waals surface area contributed by atoms with Crippen LogP contribution in [0.2, 0.25) is 0 Å². The summed E-state index contributed by atoms with van der Waals surface area (Å²) < 4.78 is 1.89. The highest BCUT2D eigenvalue weighted by atomic mass is 16.2. The van der Waals surface area contributed by atoms with Gasteiger partial charge in [-0.25, -0.2) is 0 Å². The highest BCUT2D eigenvalue weighted by molar-refractivity contribution is 5.96. The molecule has 116 valence electrons. The van der Waals surface area contributed by atoms with E-state index in [0.29, 0.717) is 19.4 Å². The number of nitrogens with one attached hydrogen (secondary N) is 1. The zero-order chi connectivity index (χ0) is 15.6. The minimum atomic E-state index is -0.403. The van der Waals surface area contributed by atoms with Crippen molar-refractivity contribution in [2.24, 2.45) is 0 Å². The first-order chi connectivity index (χ1) is 10.0. The van der Waals surface area contributed by atoms with Crippen LogP contribution in [-0.2, 0) is 22.7 Å². The van der Waals surface area contributed by atoms with Crippen molar-refractivity contribution in [3.63, 3.8) is 0 Å². The van der Waals surface area contributed by atoms with E-state index in [1.165, 1.54) is 0 Å². The number of carbonyl (C=O) groups excluding carboxylic acids is 2. The summed E-state index contributed by atoms with van der Waals surface area (Å²) >= 11 is 0. The van der Waals surface area contributed by atoms with Crippen LogP contribution in [0.4, 0.5) is 0 Å². The molecule has 2 unspecified atom stereocenters. The van der Waals surface area contributed by atoms with E-state index < -0.39 is 6.04 Å². The fourth-order valence-electron chi connectivity index (χ4n) is 2.87. The largest absolute Gasteiger partial charge is 0.343 e. The molecule has 2 amide bonds. The van der Waals surface area contributed by atoms with E-state index in [-0.39, 0.29) is 17.9 Å². The molecule has 1 aliphatic rings. The number of aryl methyl sites for hydroxylation is 2. The molecule has 6 nitrogen and oxygen atoms in total. The zero-order valence-electron chi connectivity index (χ0n) is 13.2. The second kappa shape index (κ2) is 6.28. The molecule has 2 atom stereocenters. The Morgan fingerprint density at radius 2 is 1.95 bits per heavy atom. The van der Waals surface area contributed by atoms with Crippen LogP contribution in [0.3, 0.4) is 0 Å². The van der Waals surface area contributed by atoms with Crippen molar-refractivity contribution in [2.75, 3.05) is 0 Å². The lowest BCUT2D eigenvalue weighted by Crippen LogP contribution is -2.62. The fraction of sp³-hybridized carbons (Fsp3) is 0.667. The van der Waals surface area contributed by atoms with E-state index in [1.54, 1.807) is 4.90 Å². The Morgan fingerprint density at radius 3 is 2.52 bits per heavy atom. The van der Waals surface area contributed by atoms with Crippen LogP contribution in [0.1, 0.15) is 45.0 Å². The van der Waals surface area contributed by atoms with Crippen LogP contribution in [-0.4, -0.2) is 38.6 Å². The first-order valence-corrected chi connectivity index (χ1v) is 7.65. The summed E-state index contributed by atoms with van der Waals surface area (Å²) in [6.45, 7) is 8.99. The van der Waals surface area contributed by atoms with E-state index >= 15 is 0 Å². The first kappa shape index (κ1) is 15.5. The molecular formula is C15H24N4O2. The summed E-state index contributed by atoms with van der Waals surface area (Å²) in [6.07, 6.45) is 1.23. The fourth-order valence-corrected chi connectivity index (χ4v) is 2.87. The predicted octanol–water partition coefficient (Wildman–Crippen LogP) is 1.23. The molecule has 0 spiro atoms. The SMILES string of the molecule is CCC1NC(=O)C(CC)N(Cc2cc(C)nn2CC)C1=O. The minimum absolute atomic E-state index is 0.00505. The molecule has 0 aliphatic carbocycles. The average Bonchev–Trinajstić information content (AvgIpc) is 2.82. The lowest BCUT2D eigenvalue weighted by atomic mass is 10.0. The predicted molar refractivity (Wildman–Crippen MR) is 79.5 cm³/mol. The van der Waals surface area contributed by atoms with Gasteiger partial charge >= 0.3 is 0 Å². The highest BCUT2D eigenvalue weighted by Gasteiger charge is 2.38. The lowest BCUT2D eigenvalue weighted by molar-refractivity contribution is -0.150. The maximum atomic E-state index is 12.6. The molecule has 6 heteroatoms. The number of hydrogen-bond acceptors (Lipinski definition) is 3. The lowest BCUT2D eigenvalue weighted by Gasteiger charge is -2.38. The summed E-state index contributed by atoms with van der Waals surface area (Å²) in [5.41, 5.74) is 1.91. The molecule has 1 fully saturated rings. The van der Waals surface area contributed by atoms with E-state index in [0.717, 1.165) is 17.9 Å². The third-order valence-electron chi connectivity index (χ3n) is 3.99. The molecule has 0 aromatic carbocycles. The number of hydrogen-bond donors (Lipinski definition) is 1. The molecule has 0 saturated carbocycles. The maximum Gasteiger partial charge on any atom is 0.246 e. The quantitative estimate of drug-likeness (QED) is 0.887. The first-order valence-electron chi connectivity index (χ1n) is 7.65. The molecule has 1 aromatic heterocycles. The number of amides is 2. The highest BCUT2D eigenvalue weighted by Crippen LogP contribution is 2.19. The van der Waals surface area contributed by atoms with Crippen molar-refractivity contribution in [1.29, 1.82) is 0 Å². The van der Waals surface area contributed by atoms with E-state index in [1.807, 2.05) is 38.4 Å². The molecule has 1 aliphatic heterocycles. The van der Waals surface area contributed by atoms with Gasteiger partial charge in [0.1, 0.15) is 12.1 Å². The molecule has 21 heavy (non-hydrogen) atoms. The second-order valence-electron chi connectivity index (χ2n) is 5.45. The van der Waals surface area contributed by atoms with Gasteiger partial charge in [0.05, 0.1) is 17.9 Å². The topological polar surface area (TPSA) is 67.2 Å². The van der Waals surface area contributed by atoms with Crippen molar-refractivity contribution in [2.45, 2.75) is 65.7 Å². The van der Waals surface area contributed by atoms with Crippen molar-refractivity contribution in [3.8, 4) is 0 Å². The van der Waals surface area contributed by atoms with E-state index in [9.17, 15) is 9.59 Å². The summed E-state index contributed by atoms with van der Waals surface area (Å²) in [6, 6.07) is 1.19. The Morgan fingerprint density at radius 1 is 1.24 bits per heavy atom. The van der Waals surface area contributed by atoms with Gasteiger partial charge in [0, 0.05) is 6.54 Å². The van der Waals surface area contributed by atoms with E-state index in [2.05, 4.69) is 10.4 Å². The Labute approximate surface area is 125 Å². The van der Waals surface area contributed by atoms with Crippen LogP contribution in [0.5, 0.6) is 0 Å². The summed E-state index contributed by atoms with van der Waals surface area (Å²) in [7, 11) is 0. The number of aromatic nitrogens is 2. The molecule has 0 bridgehead atoms. The van der Waals surface area contributed by atoms with Gasteiger partial charge in [-0.2, -0.15) is 5.10 Å². The van der Waals surface area contributed by atoms with Crippen LogP contribution in [0, 0.1) is 6.92 Å². The third-order valence-corrected chi connectivity index (χ3v) is 3.99. The van der Waals surface area contributed by atoms with Gasteiger partial charge in [-0.1, -0.05) is 13.8 Å². The standard InChI is InChI=1S/C15H24N4O2/c1-5-12-15(21)18(13(6-2)14(20)16-12)9-11-8-10(4)17-19(11)7-3/h8,12-13H,5-7,9H2,1-4H3,(H,16,20). The zero-order valence-corrected chi connectivity index (χ0v) is 13.2. The molecule has 2 rings (SSSR count). The smallest absolute Gasteiger partial charge is 0.246 e. The van der Waals surface area contributed by atoms with Gasteiger partial charge in [-0.05, 0) is 32.8 Å². The summed E-state index contributed by atoms with van der Waals surface area (Å²) in [5, 5.41) is 7.22. The van der Waals surface area contributed by atoms with Gasteiger partial charge < -0.3 is 10.2 Å². The number of piperazine rings is 1. The summed E-state index contributed by atoms with van der Waals surface area (Å²) in [4.78, 5) is 26.4. The normalized spacial score (nSPS) is 22.6. The van der Waals surface area contributed by atoms with E-state index in [4.69, 9.17) is 0 Å². The molecular weight excluding hydrogens is 268 g/mol. The average molecular weight is 292 g/mol. The molecule has 1 aromatic rings. The van der Waals surface area contributed by atoms with Crippen LogP contribution in [0.15, 0.2) is 6.07 Å². The van der Waals surface area contributed by atoms with Gasteiger partial charge in [0.2, 0.25) is 11.8 Å². The van der Waals surface area contributed by atoms with Crippen molar-refractivity contribution < 1.29 is 9.59 Å². The monoisotopic (exact) mass is 292 g/mol. The molecule has 2 heterocycles. The Kier molecular flexibility index (Phi) is 4.65. The third kappa shape index (κ3) is 2.94. The van der Waals surface area contributed by atoms with Gasteiger partial charge in [0.15, 0.2) is 0 Å². The van der Waals surface area contributed by atoms with Gasteiger partial charge in [-0.3, -0.25) is 14.3 Å². The number of carbonyl (C=O) groups is 2. The summed E-state index contributed by atoms with van der Waals surface area (Å²) in [5.74, 6) is -0.0475. The Bertz CT molecular complexity index is 538. The number of rotatable bonds is 5. The number of nitrogens with zero attached hydrogens (tertiary/aromatic N) is 3. The van der Waals surface area contributed by atoms with Crippen molar-refractivity contribution in [1.82, 2.24) is 20.0 Å². The van der Waals surface area contributed by atoms with Gasteiger partial charge in [-0.15, -0.1) is 0 Å². The van der Waals surface area contributed by atoms with Crippen molar-refractivity contribution >= 4 is 11.8 Å². The Balaban J connectivity index is 2.28. The van der Waals surface area contributed by atoms with Crippen LogP contribution >= 0.6 is 0 Å². The van der Waals surface area contributed by atoms with Crippen LogP contribution in [0.25, 0.3) is 0 Å². The second-order valence-corrected chi connectivity index (χ2v) is 5.45. The van der Waals surface area contributed by atoms with Crippen molar-refractivity contribution in [3.05, 3.63) is 17.5 Å². The minimum Gasteiger partial charge on any atom is -0.343 e. The van der Waals surface area contributed by atoms with Crippen LogP contribution < -0.4 is 5.32 Å². The van der Waals surface area contributed by atoms with Gasteiger partial charge in [0.25, 0.3) is 0 Å². The molecule has 1 saturated heterocycles.